The molecule has 9 nitrogen and oxygen atoms in total. The fourth-order valence-electron chi connectivity index (χ4n) is 4.13. The van der Waals surface area contributed by atoms with Gasteiger partial charge in [-0.15, -0.1) is 0 Å². The van der Waals surface area contributed by atoms with Gasteiger partial charge in [0.25, 0.3) is 0 Å². The Labute approximate surface area is 203 Å². The van der Waals surface area contributed by atoms with Crippen LogP contribution < -0.4 is 20.9 Å². The van der Waals surface area contributed by atoms with Crippen molar-refractivity contribution in [3.8, 4) is 28.9 Å². The Kier molecular flexibility index (Phi) is 5.74. The van der Waals surface area contributed by atoms with Crippen molar-refractivity contribution in [2.45, 2.75) is 50.8 Å². The number of aryl methyl sites for hydroxylation is 1. The van der Waals surface area contributed by atoms with Crippen LogP contribution in [0.4, 0.5) is 0 Å². The quantitative estimate of drug-likeness (QED) is 0.381. The highest BCUT2D eigenvalue weighted by molar-refractivity contribution is 5.44. The Morgan fingerprint density at radius 1 is 0.857 bits per heavy atom. The lowest BCUT2D eigenvalue weighted by Crippen LogP contribution is -2.62. The molecule has 0 saturated heterocycles. The fourth-order valence-corrected chi connectivity index (χ4v) is 4.13. The molecule has 35 heavy (non-hydrogen) atoms. The summed E-state index contributed by atoms with van der Waals surface area (Å²) in [5, 5.41) is 3.82. The summed E-state index contributed by atoms with van der Waals surface area (Å²) in [7, 11) is 0. The lowest BCUT2D eigenvalue weighted by atomic mass is 9.78. The van der Waals surface area contributed by atoms with Crippen LogP contribution in [0, 0.1) is 6.92 Å². The van der Waals surface area contributed by atoms with Gasteiger partial charge in [-0.25, -0.2) is 9.97 Å². The molecule has 180 valence electrons. The molecular weight excluding hydrogens is 444 g/mol. The number of aromatic nitrogens is 4. The predicted octanol–water partition coefficient (Wildman–Crippen LogP) is 4.11. The van der Waals surface area contributed by atoms with Crippen LogP contribution in [-0.2, 0) is 5.41 Å². The van der Waals surface area contributed by atoms with E-state index in [1.807, 2.05) is 24.3 Å². The van der Waals surface area contributed by atoms with Gasteiger partial charge in [0, 0.05) is 25.2 Å². The minimum atomic E-state index is -0.590. The van der Waals surface area contributed by atoms with E-state index < -0.39 is 5.66 Å². The van der Waals surface area contributed by atoms with E-state index in [4.69, 9.17) is 25.5 Å². The number of rotatable bonds is 7. The Morgan fingerprint density at radius 2 is 1.43 bits per heavy atom. The molecule has 0 aliphatic heterocycles. The number of nitrogens with two attached hydrogens (primary N) is 2. The molecule has 2 heterocycles. The van der Waals surface area contributed by atoms with Crippen LogP contribution in [0.15, 0.2) is 65.4 Å². The number of benzene rings is 2. The van der Waals surface area contributed by atoms with Crippen molar-refractivity contribution < 1.29 is 14.0 Å². The Bertz CT molecular complexity index is 1290. The number of ether oxygens (including phenoxy) is 2. The summed E-state index contributed by atoms with van der Waals surface area (Å²) < 4.78 is 16.8. The van der Waals surface area contributed by atoms with Gasteiger partial charge in [0.1, 0.15) is 17.6 Å². The Hall–Kier alpha value is -3.82. The van der Waals surface area contributed by atoms with Crippen LogP contribution in [0.1, 0.15) is 43.7 Å². The van der Waals surface area contributed by atoms with Gasteiger partial charge in [-0.2, -0.15) is 4.98 Å². The van der Waals surface area contributed by atoms with E-state index in [0.717, 1.165) is 11.3 Å². The third-order valence-corrected chi connectivity index (χ3v) is 6.26. The maximum atomic E-state index is 5.97. The van der Waals surface area contributed by atoms with Gasteiger partial charge in [0.05, 0.1) is 18.1 Å². The second-order valence-electron chi connectivity index (χ2n) is 9.54. The molecule has 4 aromatic rings. The predicted molar refractivity (Wildman–Crippen MR) is 130 cm³/mol. The van der Waals surface area contributed by atoms with Crippen molar-refractivity contribution in [2.75, 3.05) is 0 Å². The molecule has 1 fully saturated rings. The summed E-state index contributed by atoms with van der Waals surface area (Å²) in [5.74, 6) is 3.22. The van der Waals surface area contributed by atoms with Gasteiger partial charge in [-0.1, -0.05) is 43.3 Å². The molecule has 1 aliphatic carbocycles. The molecule has 0 atom stereocenters. The molecule has 9 heteroatoms. The summed E-state index contributed by atoms with van der Waals surface area (Å²) in [6, 6.07) is 16.2. The van der Waals surface area contributed by atoms with Gasteiger partial charge in [-0.3, -0.25) is 0 Å². The molecule has 1 saturated carbocycles. The number of hydrogen-bond donors (Lipinski definition) is 2. The molecule has 4 N–H and O–H groups in total. The first-order valence-electron chi connectivity index (χ1n) is 11.4. The standard InChI is InChI=1S/C26H28N6O3/c1-16-31-24(32-35-16)23-29-14-22(15-30-23)34-20-10-6-18(7-11-20)25(2,3)17-4-8-19(9-5-17)33-21-12-26(27,28)13-21/h4-11,14-15,21H,12-13,27-28H2,1-3H3. The first kappa shape index (κ1) is 22.9. The van der Waals surface area contributed by atoms with E-state index in [9.17, 15) is 0 Å². The van der Waals surface area contributed by atoms with Crippen molar-refractivity contribution >= 4 is 0 Å². The second kappa shape index (κ2) is 8.75. The van der Waals surface area contributed by atoms with Gasteiger partial charge in [0.2, 0.25) is 17.5 Å². The molecule has 2 aromatic heterocycles. The van der Waals surface area contributed by atoms with Crippen molar-refractivity contribution in [3.63, 3.8) is 0 Å². The highest BCUT2D eigenvalue weighted by atomic mass is 16.5. The van der Waals surface area contributed by atoms with Gasteiger partial charge in [0.15, 0.2) is 5.75 Å². The smallest absolute Gasteiger partial charge is 0.240 e. The van der Waals surface area contributed by atoms with Crippen molar-refractivity contribution in [1.82, 2.24) is 20.1 Å². The van der Waals surface area contributed by atoms with E-state index in [1.54, 1.807) is 19.3 Å². The van der Waals surface area contributed by atoms with Gasteiger partial charge >= 0.3 is 0 Å². The van der Waals surface area contributed by atoms with Crippen LogP contribution in [0.2, 0.25) is 0 Å². The first-order valence-corrected chi connectivity index (χ1v) is 11.4. The lowest BCUT2D eigenvalue weighted by Gasteiger charge is -2.41. The van der Waals surface area contributed by atoms with Crippen LogP contribution in [0.25, 0.3) is 11.6 Å². The van der Waals surface area contributed by atoms with E-state index in [-0.39, 0.29) is 11.5 Å². The molecule has 1 aliphatic rings. The molecular formula is C26H28N6O3. The average molecular weight is 473 g/mol. The monoisotopic (exact) mass is 472 g/mol. The maximum Gasteiger partial charge on any atom is 0.240 e. The first-order chi connectivity index (χ1) is 16.7. The Morgan fingerprint density at radius 3 is 1.94 bits per heavy atom. The summed E-state index contributed by atoms with van der Waals surface area (Å²) >= 11 is 0. The highest BCUT2D eigenvalue weighted by Crippen LogP contribution is 2.35. The van der Waals surface area contributed by atoms with Gasteiger partial charge < -0.3 is 25.5 Å². The minimum Gasteiger partial charge on any atom is -0.490 e. The zero-order chi connectivity index (χ0) is 24.6. The fraction of sp³-hybridized carbons (Fsp3) is 0.308. The van der Waals surface area contributed by atoms with E-state index >= 15 is 0 Å². The Balaban J connectivity index is 1.23. The summed E-state index contributed by atoms with van der Waals surface area (Å²) in [4.78, 5) is 12.6. The number of nitrogens with zero attached hydrogens (tertiary/aromatic N) is 4. The van der Waals surface area contributed by atoms with Crippen LogP contribution in [-0.4, -0.2) is 31.9 Å². The molecule has 0 radical (unpaired) electrons. The lowest BCUT2D eigenvalue weighted by molar-refractivity contribution is 0.0466. The van der Waals surface area contributed by atoms with E-state index in [0.29, 0.717) is 41.9 Å². The van der Waals surface area contributed by atoms with E-state index in [2.05, 4.69) is 58.2 Å². The van der Waals surface area contributed by atoms with Gasteiger partial charge in [-0.05, 0) is 35.4 Å². The number of hydrogen-bond acceptors (Lipinski definition) is 9. The van der Waals surface area contributed by atoms with Crippen molar-refractivity contribution in [2.24, 2.45) is 11.5 Å². The zero-order valence-electron chi connectivity index (χ0n) is 19.9. The molecule has 2 aromatic carbocycles. The minimum absolute atomic E-state index is 0.0844. The molecule has 0 unspecified atom stereocenters. The molecule has 0 amide bonds. The van der Waals surface area contributed by atoms with Crippen LogP contribution >= 0.6 is 0 Å². The normalized spacial score (nSPS) is 15.5. The summed E-state index contributed by atoms with van der Waals surface area (Å²) in [6.07, 6.45) is 4.59. The van der Waals surface area contributed by atoms with Crippen molar-refractivity contribution in [3.05, 3.63) is 77.9 Å². The topological polar surface area (TPSA) is 135 Å². The largest absolute Gasteiger partial charge is 0.490 e. The third kappa shape index (κ3) is 5.01. The summed E-state index contributed by atoms with van der Waals surface area (Å²) in [5.41, 5.74) is 13.3. The highest BCUT2D eigenvalue weighted by Gasteiger charge is 2.39. The molecule has 0 bridgehead atoms. The average Bonchev–Trinajstić information content (AvgIpc) is 3.25. The van der Waals surface area contributed by atoms with Crippen LogP contribution in [0.5, 0.6) is 17.2 Å². The third-order valence-electron chi connectivity index (χ3n) is 6.26. The van der Waals surface area contributed by atoms with E-state index in [1.165, 1.54) is 5.56 Å². The maximum absolute atomic E-state index is 5.97. The van der Waals surface area contributed by atoms with Crippen LogP contribution in [0.3, 0.4) is 0 Å². The zero-order valence-corrected chi connectivity index (χ0v) is 19.9. The van der Waals surface area contributed by atoms with Crippen molar-refractivity contribution in [1.29, 1.82) is 0 Å². The summed E-state index contributed by atoms with van der Waals surface area (Å²) in [6.45, 7) is 6.09. The molecule has 5 rings (SSSR count). The molecule has 0 spiro atoms. The second-order valence-corrected chi connectivity index (χ2v) is 9.54. The SMILES string of the molecule is Cc1nc(-c2ncc(Oc3ccc(C(C)(C)c4ccc(OC5CC(N)(N)C5)cc4)cc3)cn2)no1.